The van der Waals surface area contributed by atoms with Gasteiger partial charge in [0.1, 0.15) is 24.7 Å². The molecular formula is C22H22FN3O3. The van der Waals surface area contributed by atoms with Crippen LogP contribution in [0.5, 0.6) is 5.88 Å². The number of para-hydroxylation sites is 1. The Labute approximate surface area is 167 Å². The van der Waals surface area contributed by atoms with Crippen molar-refractivity contribution in [1.82, 2.24) is 14.5 Å². The van der Waals surface area contributed by atoms with Gasteiger partial charge in [0, 0.05) is 23.0 Å². The van der Waals surface area contributed by atoms with Crippen LogP contribution in [0.25, 0.3) is 27.8 Å². The van der Waals surface area contributed by atoms with E-state index in [2.05, 4.69) is 11.1 Å². The molecule has 0 amide bonds. The van der Waals surface area contributed by atoms with Gasteiger partial charge in [-0.2, -0.15) is 4.98 Å². The lowest BCUT2D eigenvalue weighted by Crippen LogP contribution is -2.12. The first-order valence-electron chi connectivity index (χ1n) is 9.54. The first-order valence-corrected chi connectivity index (χ1v) is 9.54. The minimum absolute atomic E-state index is 0.107. The maximum Gasteiger partial charge on any atom is 0.215 e. The van der Waals surface area contributed by atoms with Crippen LogP contribution >= 0.6 is 0 Å². The monoisotopic (exact) mass is 395 g/mol. The molecule has 0 aliphatic rings. The normalized spacial score (nSPS) is 11.3. The summed E-state index contributed by atoms with van der Waals surface area (Å²) in [6, 6.07) is 17.9. The number of alkyl halides is 1. The Balaban J connectivity index is 1.42. The van der Waals surface area contributed by atoms with Crippen LogP contribution in [-0.4, -0.2) is 54.2 Å². The molecule has 0 spiro atoms. The molecule has 4 aromatic rings. The molecule has 0 saturated carbocycles. The molecule has 29 heavy (non-hydrogen) atoms. The summed E-state index contributed by atoms with van der Waals surface area (Å²) < 4.78 is 30.0. The van der Waals surface area contributed by atoms with E-state index in [1.54, 1.807) is 0 Å². The predicted molar refractivity (Wildman–Crippen MR) is 109 cm³/mol. The van der Waals surface area contributed by atoms with Crippen LogP contribution in [0, 0.1) is 0 Å². The van der Waals surface area contributed by atoms with Gasteiger partial charge in [0.2, 0.25) is 5.88 Å². The van der Waals surface area contributed by atoms with E-state index in [4.69, 9.17) is 19.2 Å². The minimum Gasteiger partial charge on any atom is -0.475 e. The standard InChI is InChI=1S/C22H22FN3O3/c23-10-12-27-13-14-28-15-16-29-21-8-6-18-9-11-26(22(18)25-21)20-7-5-17-3-1-2-4-19(17)24-20/h1-9,11H,10,12-16H2. The molecule has 6 nitrogen and oxygen atoms in total. The Morgan fingerprint density at radius 2 is 1.55 bits per heavy atom. The first kappa shape index (κ1) is 19.3. The second-order valence-corrected chi connectivity index (χ2v) is 6.37. The summed E-state index contributed by atoms with van der Waals surface area (Å²) in [6.07, 6.45) is 1.96. The van der Waals surface area contributed by atoms with Gasteiger partial charge in [-0.05, 0) is 30.3 Å². The van der Waals surface area contributed by atoms with Crippen LogP contribution in [0.2, 0.25) is 0 Å². The zero-order valence-electron chi connectivity index (χ0n) is 16.0. The minimum atomic E-state index is -0.478. The van der Waals surface area contributed by atoms with Crippen LogP contribution in [0.1, 0.15) is 0 Å². The third-order valence-corrected chi connectivity index (χ3v) is 4.41. The van der Waals surface area contributed by atoms with Crippen molar-refractivity contribution < 1.29 is 18.6 Å². The quantitative estimate of drug-likeness (QED) is 0.381. The van der Waals surface area contributed by atoms with Gasteiger partial charge in [-0.1, -0.05) is 18.2 Å². The fraction of sp³-hybridized carbons (Fsp3) is 0.273. The molecule has 0 N–H and O–H groups in total. The molecule has 0 fully saturated rings. The van der Waals surface area contributed by atoms with Gasteiger partial charge in [-0.15, -0.1) is 0 Å². The number of rotatable bonds is 10. The zero-order chi connectivity index (χ0) is 19.9. The number of pyridine rings is 2. The van der Waals surface area contributed by atoms with Crippen molar-refractivity contribution in [3.63, 3.8) is 0 Å². The van der Waals surface area contributed by atoms with E-state index in [9.17, 15) is 4.39 Å². The second kappa shape index (κ2) is 9.45. The largest absolute Gasteiger partial charge is 0.475 e. The lowest BCUT2D eigenvalue weighted by molar-refractivity contribution is 0.0321. The topological polar surface area (TPSA) is 58.4 Å². The van der Waals surface area contributed by atoms with Gasteiger partial charge in [-0.3, -0.25) is 4.57 Å². The van der Waals surface area contributed by atoms with E-state index < -0.39 is 6.67 Å². The predicted octanol–water partition coefficient (Wildman–Crippen LogP) is 3.96. The van der Waals surface area contributed by atoms with Crippen molar-refractivity contribution in [1.29, 1.82) is 0 Å². The molecule has 0 saturated heterocycles. The summed E-state index contributed by atoms with van der Waals surface area (Å²) in [7, 11) is 0. The highest BCUT2D eigenvalue weighted by molar-refractivity contribution is 5.81. The number of ether oxygens (including phenoxy) is 3. The van der Waals surface area contributed by atoms with Gasteiger partial charge in [0.15, 0.2) is 0 Å². The molecule has 7 heteroatoms. The number of nitrogens with zero attached hydrogens (tertiary/aromatic N) is 3. The van der Waals surface area contributed by atoms with Crippen molar-refractivity contribution in [3.05, 3.63) is 60.8 Å². The number of fused-ring (bicyclic) bond motifs is 2. The van der Waals surface area contributed by atoms with Crippen molar-refractivity contribution in [2.75, 3.05) is 39.7 Å². The van der Waals surface area contributed by atoms with E-state index in [1.807, 2.05) is 59.3 Å². The third-order valence-electron chi connectivity index (χ3n) is 4.41. The Bertz CT molecular complexity index is 1080. The number of aromatic nitrogens is 3. The van der Waals surface area contributed by atoms with E-state index in [1.165, 1.54) is 0 Å². The lowest BCUT2D eigenvalue weighted by Gasteiger charge is -2.09. The highest BCUT2D eigenvalue weighted by Crippen LogP contribution is 2.22. The van der Waals surface area contributed by atoms with Gasteiger partial charge >= 0.3 is 0 Å². The van der Waals surface area contributed by atoms with Gasteiger partial charge in [0.05, 0.1) is 31.9 Å². The van der Waals surface area contributed by atoms with E-state index in [0.29, 0.717) is 32.3 Å². The Morgan fingerprint density at radius 1 is 0.759 bits per heavy atom. The van der Waals surface area contributed by atoms with Crippen LogP contribution in [0.4, 0.5) is 4.39 Å². The van der Waals surface area contributed by atoms with Gasteiger partial charge in [0.25, 0.3) is 0 Å². The highest BCUT2D eigenvalue weighted by atomic mass is 19.1. The van der Waals surface area contributed by atoms with Crippen LogP contribution in [0.15, 0.2) is 60.8 Å². The van der Waals surface area contributed by atoms with E-state index >= 15 is 0 Å². The summed E-state index contributed by atoms with van der Waals surface area (Å²) in [5, 5.41) is 2.10. The number of hydrogen-bond donors (Lipinski definition) is 0. The molecule has 1 aromatic carbocycles. The maximum atomic E-state index is 11.9. The average molecular weight is 395 g/mol. The zero-order valence-corrected chi connectivity index (χ0v) is 16.0. The molecular weight excluding hydrogens is 373 g/mol. The Morgan fingerprint density at radius 3 is 2.45 bits per heavy atom. The molecule has 4 rings (SSSR count). The highest BCUT2D eigenvalue weighted by Gasteiger charge is 2.08. The van der Waals surface area contributed by atoms with Crippen LogP contribution < -0.4 is 4.74 Å². The molecule has 0 unspecified atom stereocenters. The summed E-state index contributed by atoms with van der Waals surface area (Å²) in [5.74, 6) is 1.33. The SMILES string of the molecule is FCCOCCOCCOc1ccc2ccn(-c3ccc4ccccc4n3)c2n1. The number of halogens is 1. The molecule has 3 heterocycles. The van der Waals surface area contributed by atoms with Crippen LogP contribution in [-0.2, 0) is 9.47 Å². The summed E-state index contributed by atoms with van der Waals surface area (Å²) in [5.41, 5.74) is 1.72. The molecule has 0 aliphatic carbocycles. The van der Waals surface area contributed by atoms with Crippen molar-refractivity contribution >= 4 is 21.9 Å². The molecule has 0 atom stereocenters. The van der Waals surface area contributed by atoms with E-state index in [0.717, 1.165) is 27.8 Å². The van der Waals surface area contributed by atoms with E-state index in [-0.39, 0.29) is 6.61 Å². The molecule has 3 aromatic heterocycles. The molecule has 150 valence electrons. The number of hydrogen-bond acceptors (Lipinski definition) is 5. The second-order valence-electron chi connectivity index (χ2n) is 6.37. The first-order chi connectivity index (χ1) is 14.3. The smallest absolute Gasteiger partial charge is 0.215 e. The fourth-order valence-electron chi connectivity index (χ4n) is 3.03. The number of benzene rings is 1. The average Bonchev–Trinajstić information content (AvgIpc) is 3.18. The van der Waals surface area contributed by atoms with Gasteiger partial charge in [-0.25, -0.2) is 9.37 Å². The molecule has 0 aliphatic heterocycles. The summed E-state index contributed by atoms with van der Waals surface area (Å²) in [6.45, 7) is 1.19. The van der Waals surface area contributed by atoms with Gasteiger partial charge < -0.3 is 14.2 Å². The lowest BCUT2D eigenvalue weighted by atomic mass is 10.2. The molecule has 0 bridgehead atoms. The summed E-state index contributed by atoms with van der Waals surface area (Å²) >= 11 is 0. The fourth-order valence-corrected chi connectivity index (χ4v) is 3.03. The van der Waals surface area contributed by atoms with Crippen LogP contribution in [0.3, 0.4) is 0 Å². The molecule has 0 radical (unpaired) electrons. The third kappa shape index (κ3) is 4.70. The Hall–Kier alpha value is -3.03. The Kier molecular flexibility index (Phi) is 6.29. The van der Waals surface area contributed by atoms with Crippen molar-refractivity contribution in [2.24, 2.45) is 0 Å². The maximum absolute atomic E-state index is 11.9. The van der Waals surface area contributed by atoms with Crippen molar-refractivity contribution in [2.45, 2.75) is 0 Å². The summed E-state index contributed by atoms with van der Waals surface area (Å²) in [4.78, 5) is 9.37. The van der Waals surface area contributed by atoms with Crippen molar-refractivity contribution in [3.8, 4) is 11.7 Å².